The average molecular weight is 378 g/mol. The van der Waals surface area contributed by atoms with Crippen molar-refractivity contribution in [2.75, 3.05) is 10.2 Å². The van der Waals surface area contributed by atoms with Gasteiger partial charge in [-0.3, -0.25) is 4.79 Å². The summed E-state index contributed by atoms with van der Waals surface area (Å²) in [7, 11) is 0. The molecule has 2 aromatic carbocycles. The maximum Gasteiger partial charge on any atom is 0.258 e. The summed E-state index contributed by atoms with van der Waals surface area (Å²) in [6.45, 7) is 2.70. The van der Waals surface area contributed by atoms with Crippen molar-refractivity contribution in [3.63, 3.8) is 0 Å². The Hall–Kier alpha value is -2.85. The Bertz CT molecular complexity index is 971. The van der Waals surface area contributed by atoms with Crippen LogP contribution >= 0.6 is 11.6 Å². The first-order valence-electron chi connectivity index (χ1n) is 8.97. The molecule has 0 fully saturated rings. The number of nitrogens with one attached hydrogen (secondary N) is 1. The highest BCUT2D eigenvalue weighted by Gasteiger charge is 2.31. The molecule has 2 heterocycles. The number of halogens is 1. The Balaban J connectivity index is 1.52. The number of pyridine rings is 1. The van der Waals surface area contributed by atoms with E-state index in [0.717, 1.165) is 17.7 Å². The monoisotopic (exact) mass is 377 g/mol. The van der Waals surface area contributed by atoms with Gasteiger partial charge in [0.15, 0.2) is 0 Å². The number of amides is 1. The molecular formula is C22H20ClN3O. The van der Waals surface area contributed by atoms with Crippen LogP contribution in [0.1, 0.15) is 28.4 Å². The normalized spacial score (nSPS) is 15.5. The van der Waals surface area contributed by atoms with Gasteiger partial charge in [0.05, 0.1) is 0 Å². The molecule has 1 N–H and O–H groups in total. The molecule has 0 saturated heterocycles. The van der Waals surface area contributed by atoms with Crippen LogP contribution in [0.5, 0.6) is 0 Å². The number of benzene rings is 2. The molecule has 5 heteroatoms. The molecule has 0 spiro atoms. The van der Waals surface area contributed by atoms with E-state index in [1.54, 1.807) is 12.3 Å². The van der Waals surface area contributed by atoms with Crippen molar-refractivity contribution in [2.45, 2.75) is 25.9 Å². The number of carbonyl (C=O) groups is 1. The molecule has 1 atom stereocenters. The van der Waals surface area contributed by atoms with Crippen molar-refractivity contribution in [2.24, 2.45) is 0 Å². The van der Waals surface area contributed by atoms with Gasteiger partial charge in [-0.15, -0.1) is 0 Å². The Morgan fingerprint density at radius 1 is 1.19 bits per heavy atom. The standard InChI is InChI=1S/C22H20ClN3O/c1-15-12-17-4-2-3-5-20(17)26(15)22(27)18-10-11-24-21(13-18)25-14-16-6-8-19(23)9-7-16/h2-11,13,15H,12,14H2,1H3,(H,24,25). The summed E-state index contributed by atoms with van der Waals surface area (Å²) in [4.78, 5) is 19.4. The largest absolute Gasteiger partial charge is 0.366 e. The molecule has 4 rings (SSSR count). The van der Waals surface area contributed by atoms with E-state index < -0.39 is 0 Å². The minimum absolute atomic E-state index is 0.00407. The maximum absolute atomic E-state index is 13.1. The number of para-hydroxylation sites is 1. The zero-order valence-electron chi connectivity index (χ0n) is 15.0. The highest BCUT2D eigenvalue weighted by molar-refractivity contribution is 6.30. The summed E-state index contributed by atoms with van der Waals surface area (Å²) in [5.74, 6) is 0.681. The van der Waals surface area contributed by atoms with Crippen molar-refractivity contribution in [1.29, 1.82) is 0 Å². The molecule has 1 unspecified atom stereocenters. The van der Waals surface area contributed by atoms with Crippen LogP contribution in [0.4, 0.5) is 11.5 Å². The fourth-order valence-corrected chi connectivity index (χ4v) is 3.60. The van der Waals surface area contributed by atoms with Crippen molar-refractivity contribution in [3.8, 4) is 0 Å². The second-order valence-corrected chi connectivity index (χ2v) is 7.20. The van der Waals surface area contributed by atoms with Crippen LogP contribution < -0.4 is 10.2 Å². The predicted molar refractivity (Wildman–Crippen MR) is 109 cm³/mol. The SMILES string of the molecule is CC1Cc2ccccc2N1C(=O)c1ccnc(NCc2ccc(Cl)cc2)c1. The van der Waals surface area contributed by atoms with Crippen LogP contribution in [-0.4, -0.2) is 16.9 Å². The van der Waals surface area contributed by atoms with E-state index in [9.17, 15) is 4.79 Å². The molecule has 27 heavy (non-hydrogen) atoms. The van der Waals surface area contributed by atoms with E-state index in [1.165, 1.54) is 5.56 Å². The number of carbonyl (C=O) groups excluding carboxylic acids is 1. The first-order valence-corrected chi connectivity index (χ1v) is 9.35. The van der Waals surface area contributed by atoms with Crippen molar-refractivity contribution < 1.29 is 4.79 Å². The van der Waals surface area contributed by atoms with E-state index in [2.05, 4.69) is 23.3 Å². The van der Waals surface area contributed by atoms with Crippen molar-refractivity contribution >= 4 is 29.0 Å². The van der Waals surface area contributed by atoms with Gasteiger partial charge in [0, 0.05) is 35.1 Å². The van der Waals surface area contributed by atoms with E-state index in [-0.39, 0.29) is 11.9 Å². The Morgan fingerprint density at radius 3 is 2.78 bits per heavy atom. The molecule has 0 bridgehead atoms. The maximum atomic E-state index is 13.1. The van der Waals surface area contributed by atoms with Gasteiger partial charge < -0.3 is 10.2 Å². The molecule has 1 amide bonds. The Morgan fingerprint density at radius 2 is 1.96 bits per heavy atom. The quantitative estimate of drug-likeness (QED) is 0.700. The number of anilines is 2. The second-order valence-electron chi connectivity index (χ2n) is 6.77. The average Bonchev–Trinajstić information content (AvgIpc) is 3.03. The van der Waals surface area contributed by atoms with E-state index in [4.69, 9.17) is 11.6 Å². The van der Waals surface area contributed by atoms with Gasteiger partial charge in [-0.05, 0) is 54.8 Å². The Kier molecular flexibility index (Phi) is 4.82. The molecular weight excluding hydrogens is 358 g/mol. The molecule has 1 aliphatic heterocycles. The number of aromatic nitrogens is 1. The number of nitrogens with zero attached hydrogens (tertiary/aromatic N) is 2. The van der Waals surface area contributed by atoms with Gasteiger partial charge in [0.2, 0.25) is 0 Å². The molecule has 4 nitrogen and oxygen atoms in total. The third-order valence-electron chi connectivity index (χ3n) is 4.82. The molecule has 0 radical (unpaired) electrons. The van der Waals surface area contributed by atoms with Crippen molar-refractivity contribution in [3.05, 3.63) is 88.6 Å². The fourth-order valence-electron chi connectivity index (χ4n) is 3.47. The molecule has 0 saturated carbocycles. The van der Waals surface area contributed by atoms with Crippen LogP contribution in [-0.2, 0) is 13.0 Å². The number of hydrogen-bond donors (Lipinski definition) is 1. The van der Waals surface area contributed by atoms with E-state index in [1.807, 2.05) is 53.4 Å². The lowest BCUT2D eigenvalue weighted by Crippen LogP contribution is -2.35. The lowest BCUT2D eigenvalue weighted by molar-refractivity contribution is 0.0981. The lowest BCUT2D eigenvalue weighted by Gasteiger charge is -2.23. The van der Waals surface area contributed by atoms with E-state index in [0.29, 0.717) is 22.9 Å². The molecule has 136 valence electrons. The highest BCUT2D eigenvalue weighted by Crippen LogP contribution is 2.33. The van der Waals surface area contributed by atoms with Gasteiger partial charge in [0.1, 0.15) is 5.82 Å². The first-order chi connectivity index (χ1) is 13.1. The topological polar surface area (TPSA) is 45.2 Å². The molecule has 1 aromatic heterocycles. The second kappa shape index (κ2) is 7.41. The van der Waals surface area contributed by atoms with Crippen LogP contribution in [0.2, 0.25) is 5.02 Å². The van der Waals surface area contributed by atoms with Gasteiger partial charge in [-0.1, -0.05) is 41.9 Å². The Labute approximate surface area is 163 Å². The fraction of sp³-hybridized carbons (Fsp3) is 0.182. The predicted octanol–water partition coefficient (Wildman–Crippen LogP) is 4.94. The summed E-state index contributed by atoms with van der Waals surface area (Å²) in [5, 5.41) is 3.98. The molecule has 0 aliphatic carbocycles. The summed E-state index contributed by atoms with van der Waals surface area (Å²) in [5.41, 5.74) is 3.95. The summed E-state index contributed by atoms with van der Waals surface area (Å²) >= 11 is 5.92. The zero-order chi connectivity index (χ0) is 18.8. The van der Waals surface area contributed by atoms with Gasteiger partial charge >= 0.3 is 0 Å². The third kappa shape index (κ3) is 3.67. The van der Waals surface area contributed by atoms with Crippen LogP contribution in [0.25, 0.3) is 0 Å². The van der Waals surface area contributed by atoms with Gasteiger partial charge in [-0.2, -0.15) is 0 Å². The minimum atomic E-state index is 0.00407. The van der Waals surface area contributed by atoms with E-state index >= 15 is 0 Å². The number of hydrogen-bond acceptors (Lipinski definition) is 3. The first kappa shape index (κ1) is 17.6. The smallest absolute Gasteiger partial charge is 0.258 e. The van der Waals surface area contributed by atoms with Crippen LogP contribution in [0.15, 0.2) is 66.9 Å². The third-order valence-corrected chi connectivity index (χ3v) is 5.07. The lowest BCUT2D eigenvalue weighted by atomic mass is 10.1. The summed E-state index contributed by atoms with van der Waals surface area (Å²) < 4.78 is 0. The van der Waals surface area contributed by atoms with Gasteiger partial charge in [-0.25, -0.2) is 4.98 Å². The van der Waals surface area contributed by atoms with Crippen LogP contribution in [0, 0.1) is 0 Å². The number of fused-ring (bicyclic) bond motifs is 1. The van der Waals surface area contributed by atoms with Crippen LogP contribution in [0.3, 0.4) is 0 Å². The summed E-state index contributed by atoms with van der Waals surface area (Å²) in [6, 6.07) is 19.5. The molecule has 3 aromatic rings. The number of rotatable bonds is 4. The van der Waals surface area contributed by atoms with Gasteiger partial charge in [0.25, 0.3) is 5.91 Å². The zero-order valence-corrected chi connectivity index (χ0v) is 15.8. The summed E-state index contributed by atoms with van der Waals surface area (Å²) in [6.07, 6.45) is 2.55. The minimum Gasteiger partial charge on any atom is -0.366 e. The van der Waals surface area contributed by atoms with Crippen molar-refractivity contribution in [1.82, 2.24) is 4.98 Å². The highest BCUT2D eigenvalue weighted by atomic mass is 35.5. The molecule has 1 aliphatic rings.